The lowest BCUT2D eigenvalue weighted by Gasteiger charge is -2.15. The third-order valence-electron chi connectivity index (χ3n) is 3.76. The van der Waals surface area contributed by atoms with Crippen molar-refractivity contribution in [2.45, 2.75) is 12.8 Å². The maximum Gasteiger partial charge on any atom is 0.170 e. The van der Waals surface area contributed by atoms with Gasteiger partial charge in [0.1, 0.15) is 11.6 Å². The molecule has 1 aliphatic heterocycles. The molecule has 110 valence electrons. The summed E-state index contributed by atoms with van der Waals surface area (Å²) in [4.78, 5) is 14.3. The zero-order valence-corrected chi connectivity index (χ0v) is 11.6. The molecule has 1 aliphatic rings. The molecule has 1 fully saturated rings. The fraction of sp³-hybridized carbons (Fsp3) is 0.533. The smallest absolute Gasteiger partial charge is 0.170 e. The monoisotopic (exact) mass is 281 g/mol. The normalized spacial score (nSPS) is 19.2. The number of benzene rings is 1. The summed E-state index contributed by atoms with van der Waals surface area (Å²) in [7, 11) is 1.43. The lowest BCUT2D eigenvalue weighted by molar-refractivity contribution is 0.0960. The van der Waals surface area contributed by atoms with Crippen LogP contribution < -0.4 is 4.74 Å². The van der Waals surface area contributed by atoms with Crippen LogP contribution in [0.4, 0.5) is 4.39 Å². The summed E-state index contributed by atoms with van der Waals surface area (Å²) < 4.78 is 18.8. The van der Waals surface area contributed by atoms with Gasteiger partial charge in [-0.3, -0.25) is 4.79 Å². The molecule has 1 aromatic carbocycles. The summed E-state index contributed by atoms with van der Waals surface area (Å²) in [6, 6.07) is 4.39. The van der Waals surface area contributed by atoms with Crippen LogP contribution in [-0.2, 0) is 0 Å². The predicted octanol–water partition coefficient (Wildman–Crippen LogP) is 1.72. The molecule has 0 aromatic heterocycles. The minimum absolute atomic E-state index is 0.0351. The van der Waals surface area contributed by atoms with Crippen LogP contribution in [0.1, 0.15) is 23.2 Å². The van der Waals surface area contributed by atoms with Crippen molar-refractivity contribution in [3.05, 3.63) is 29.6 Å². The highest BCUT2D eigenvalue weighted by Crippen LogP contribution is 2.23. The van der Waals surface area contributed by atoms with E-state index in [9.17, 15) is 9.18 Å². The van der Waals surface area contributed by atoms with Crippen LogP contribution in [0.5, 0.6) is 5.75 Å². The van der Waals surface area contributed by atoms with Crippen molar-refractivity contribution in [2.24, 2.45) is 5.92 Å². The Morgan fingerprint density at radius 1 is 1.55 bits per heavy atom. The van der Waals surface area contributed by atoms with E-state index in [0.717, 1.165) is 19.5 Å². The molecule has 1 atom stereocenters. The number of aliphatic hydroxyl groups excluding tert-OH is 1. The number of hydrogen-bond donors (Lipinski definition) is 1. The first kappa shape index (κ1) is 14.9. The number of hydrogen-bond acceptors (Lipinski definition) is 4. The van der Waals surface area contributed by atoms with E-state index in [4.69, 9.17) is 9.84 Å². The second kappa shape index (κ2) is 6.81. The first-order valence-electron chi connectivity index (χ1n) is 6.84. The number of nitrogens with zero attached hydrogens (tertiary/aromatic N) is 1. The van der Waals surface area contributed by atoms with Gasteiger partial charge in [-0.1, -0.05) is 6.07 Å². The third-order valence-corrected chi connectivity index (χ3v) is 3.76. The minimum Gasteiger partial charge on any atom is -0.496 e. The van der Waals surface area contributed by atoms with Gasteiger partial charge >= 0.3 is 0 Å². The molecule has 0 aliphatic carbocycles. The van der Waals surface area contributed by atoms with Crippen molar-refractivity contribution < 1.29 is 19.0 Å². The summed E-state index contributed by atoms with van der Waals surface area (Å²) in [5.41, 5.74) is 0.0351. The SMILES string of the molecule is COc1cccc(F)c1C(=O)CCN1CCC(CO)C1. The average molecular weight is 281 g/mol. The molecule has 0 spiro atoms. The lowest BCUT2D eigenvalue weighted by Crippen LogP contribution is -2.25. The maximum atomic E-state index is 13.8. The van der Waals surface area contributed by atoms with E-state index in [1.807, 2.05) is 0 Å². The molecule has 0 saturated carbocycles. The van der Waals surface area contributed by atoms with Gasteiger partial charge in [0, 0.05) is 26.1 Å². The quantitative estimate of drug-likeness (QED) is 0.807. The highest BCUT2D eigenvalue weighted by atomic mass is 19.1. The fourth-order valence-electron chi connectivity index (χ4n) is 2.59. The summed E-state index contributed by atoms with van der Waals surface area (Å²) >= 11 is 0. The van der Waals surface area contributed by atoms with Crippen LogP contribution in [0.3, 0.4) is 0 Å². The molecular formula is C15H20FNO3. The number of carbonyl (C=O) groups is 1. The van der Waals surface area contributed by atoms with Gasteiger partial charge in [-0.05, 0) is 31.0 Å². The van der Waals surface area contributed by atoms with Crippen molar-refractivity contribution in [1.82, 2.24) is 4.90 Å². The van der Waals surface area contributed by atoms with Crippen molar-refractivity contribution in [1.29, 1.82) is 0 Å². The lowest BCUT2D eigenvalue weighted by atomic mass is 10.1. The van der Waals surface area contributed by atoms with Gasteiger partial charge in [-0.15, -0.1) is 0 Å². The molecule has 0 amide bonds. The Kier molecular flexibility index (Phi) is 5.09. The van der Waals surface area contributed by atoms with Crippen molar-refractivity contribution >= 4 is 5.78 Å². The fourth-order valence-corrected chi connectivity index (χ4v) is 2.59. The van der Waals surface area contributed by atoms with E-state index < -0.39 is 5.82 Å². The molecule has 1 heterocycles. The number of halogens is 1. The summed E-state index contributed by atoms with van der Waals surface area (Å²) in [6.07, 6.45) is 1.21. The van der Waals surface area contributed by atoms with Crippen LogP contribution in [0.15, 0.2) is 18.2 Å². The van der Waals surface area contributed by atoms with Crippen LogP contribution in [0, 0.1) is 11.7 Å². The highest BCUT2D eigenvalue weighted by Gasteiger charge is 2.23. The van der Waals surface area contributed by atoms with E-state index in [-0.39, 0.29) is 30.1 Å². The first-order valence-corrected chi connectivity index (χ1v) is 6.84. The molecule has 0 bridgehead atoms. The third kappa shape index (κ3) is 3.35. The second-order valence-corrected chi connectivity index (χ2v) is 5.13. The molecule has 5 heteroatoms. The Bertz CT molecular complexity index is 478. The predicted molar refractivity (Wildman–Crippen MR) is 73.5 cm³/mol. The van der Waals surface area contributed by atoms with E-state index in [1.165, 1.54) is 19.2 Å². The van der Waals surface area contributed by atoms with E-state index in [2.05, 4.69) is 4.90 Å². The Hall–Kier alpha value is -1.46. The van der Waals surface area contributed by atoms with Gasteiger partial charge in [-0.2, -0.15) is 0 Å². The maximum absolute atomic E-state index is 13.8. The number of methoxy groups -OCH3 is 1. The van der Waals surface area contributed by atoms with E-state index in [0.29, 0.717) is 12.5 Å². The molecular weight excluding hydrogens is 261 g/mol. The molecule has 2 rings (SSSR count). The molecule has 1 saturated heterocycles. The van der Waals surface area contributed by atoms with Gasteiger partial charge in [0.05, 0.1) is 12.7 Å². The van der Waals surface area contributed by atoms with Gasteiger partial charge in [0.25, 0.3) is 0 Å². The zero-order chi connectivity index (χ0) is 14.5. The summed E-state index contributed by atoms with van der Waals surface area (Å²) in [6.45, 7) is 2.46. The van der Waals surface area contributed by atoms with E-state index in [1.54, 1.807) is 6.07 Å². The molecule has 4 nitrogen and oxygen atoms in total. The van der Waals surface area contributed by atoms with Gasteiger partial charge in [-0.25, -0.2) is 4.39 Å². The Labute approximate surface area is 118 Å². The molecule has 0 radical (unpaired) electrons. The Morgan fingerprint density at radius 3 is 3.00 bits per heavy atom. The Morgan fingerprint density at radius 2 is 2.35 bits per heavy atom. The van der Waals surface area contributed by atoms with Crippen molar-refractivity contribution in [2.75, 3.05) is 33.4 Å². The van der Waals surface area contributed by atoms with Crippen molar-refractivity contribution in [3.63, 3.8) is 0 Å². The molecule has 1 aromatic rings. The summed E-state index contributed by atoms with van der Waals surface area (Å²) in [5, 5.41) is 9.08. The standard InChI is InChI=1S/C15H20FNO3/c1-20-14-4-2-3-12(16)15(14)13(19)6-8-17-7-5-11(9-17)10-18/h2-4,11,18H,5-10H2,1H3. The number of ketones is 1. The number of Topliss-reactive ketones (excluding diaryl/α,β-unsaturated/α-hetero) is 1. The van der Waals surface area contributed by atoms with Gasteiger partial charge in [0.15, 0.2) is 5.78 Å². The van der Waals surface area contributed by atoms with Gasteiger partial charge < -0.3 is 14.7 Å². The van der Waals surface area contributed by atoms with Gasteiger partial charge in [0.2, 0.25) is 0 Å². The second-order valence-electron chi connectivity index (χ2n) is 5.13. The molecule has 20 heavy (non-hydrogen) atoms. The van der Waals surface area contributed by atoms with Crippen molar-refractivity contribution in [3.8, 4) is 5.75 Å². The number of likely N-dealkylation sites (tertiary alicyclic amines) is 1. The Balaban J connectivity index is 1.96. The number of rotatable bonds is 6. The molecule has 1 unspecified atom stereocenters. The van der Waals surface area contributed by atoms with Crippen LogP contribution >= 0.6 is 0 Å². The number of aliphatic hydroxyl groups is 1. The number of carbonyl (C=O) groups excluding carboxylic acids is 1. The van der Waals surface area contributed by atoms with Crippen LogP contribution in [0.2, 0.25) is 0 Å². The summed E-state index contributed by atoms with van der Waals surface area (Å²) in [5.74, 6) is -0.200. The average Bonchev–Trinajstić information content (AvgIpc) is 2.92. The van der Waals surface area contributed by atoms with Crippen LogP contribution in [0.25, 0.3) is 0 Å². The molecule has 1 N–H and O–H groups in total. The highest BCUT2D eigenvalue weighted by molar-refractivity contribution is 5.99. The minimum atomic E-state index is -0.538. The number of ether oxygens (including phenoxy) is 1. The topological polar surface area (TPSA) is 49.8 Å². The first-order chi connectivity index (χ1) is 9.65. The van der Waals surface area contributed by atoms with E-state index >= 15 is 0 Å². The van der Waals surface area contributed by atoms with Crippen LogP contribution in [-0.4, -0.2) is 49.1 Å². The zero-order valence-electron chi connectivity index (χ0n) is 11.6. The largest absolute Gasteiger partial charge is 0.496 e.